The maximum Gasteiger partial charge on any atom is 0.335 e. The first kappa shape index (κ1) is 20.2. The standard InChI is InChI=1S/C11H16O4.C8H8O2/c1-7-6-8(12-2)10(14-4)11(15-5)9(7)13-3;1-6-3-2-4-7(5-6)8(9)10/h6H,1-5H3;2-5H,1H3,(H,9,10). The second kappa shape index (κ2) is 9.42. The second-order valence-corrected chi connectivity index (χ2v) is 5.17. The molecule has 25 heavy (non-hydrogen) atoms. The van der Waals surface area contributed by atoms with Crippen molar-refractivity contribution in [2.24, 2.45) is 0 Å². The molecule has 2 rings (SSSR count). The Labute approximate surface area is 147 Å². The summed E-state index contributed by atoms with van der Waals surface area (Å²) in [5, 5.41) is 8.51. The maximum absolute atomic E-state index is 10.4. The first-order chi connectivity index (χ1) is 11.9. The van der Waals surface area contributed by atoms with Crippen molar-refractivity contribution in [1.82, 2.24) is 0 Å². The van der Waals surface area contributed by atoms with Crippen LogP contribution in [-0.4, -0.2) is 39.5 Å². The van der Waals surface area contributed by atoms with Crippen molar-refractivity contribution in [2.75, 3.05) is 28.4 Å². The number of hydrogen-bond acceptors (Lipinski definition) is 5. The molecule has 0 heterocycles. The Morgan fingerprint density at radius 1 is 0.840 bits per heavy atom. The summed E-state index contributed by atoms with van der Waals surface area (Å²) in [6.07, 6.45) is 0. The van der Waals surface area contributed by atoms with E-state index in [0.717, 1.165) is 11.1 Å². The minimum atomic E-state index is -0.872. The minimum Gasteiger partial charge on any atom is -0.493 e. The molecule has 6 heteroatoms. The molecule has 2 aromatic rings. The van der Waals surface area contributed by atoms with Crippen LogP contribution < -0.4 is 18.9 Å². The Morgan fingerprint density at radius 2 is 1.44 bits per heavy atom. The summed E-state index contributed by atoms with van der Waals surface area (Å²) < 4.78 is 20.9. The minimum absolute atomic E-state index is 0.347. The molecule has 0 aliphatic carbocycles. The Morgan fingerprint density at radius 3 is 1.84 bits per heavy atom. The van der Waals surface area contributed by atoms with Gasteiger partial charge in [0.05, 0.1) is 34.0 Å². The Hall–Kier alpha value is -2.89. The third-order valence-corrected chi connectivity index (χ3v) is 3.44. The number of carbonyl (C=O) groups is 1. The predicted octanol–water partition coefficient (Wildman–Crippen LogP) is 3.72. The first-order valence-corrected chi connectivity index (χ1v) is 7.53. The SMILES string of the molecule is COc1cc(C)c(OC)c(OC)c1OC.Cc1cccc(C(=O)O)c1. The lowest BCUT2D eigenvalue weighted by Crippen LogP contribution is -1.99. The van der Waals surface area contributed by atoms with Gasteiger partial charge in [-0.1, -0.05) is 17.7 Å². The topological polar surface area (TPSA) is 74.2 Å². The van der Waals surface area contributed by atoms with Gasteiger partial charge in [0.25, 0.3) is 0 Å². The lowest BCUT2D eigenvalue weighted by molar-refractivity contribution is 0.0696. The molecule has 0 aliphatic rings. The number of methoxy groups -OCH3 is 4. The van der Waals surface area contributed by atoms with Gasteiger partial charge in [-0.2, -0.15) is 0 Å². The van der Waals surface area contributed by atoms with Gasteiger partial charge < -0.3 is 24.1 Å². The first-order valence-electron chi connectivity index (χ1n) is 7.53. The van der Waals surface area contributed by atoms with E-state index in [1.54, 1.807) is 46.6 Å². The van der Waals surface area contributed by atoms with E-state index in [1.807, 2.05) is 26.0 Å². The third kappa shape index (κ3) is 5.04. The smallest absolute Gasteiger partial charge is 0.335 e. The number of aryl methyl sites for hydroxylation is 2. The van der Waals surface area contributed by atoms with Crippen LogP contribution in [0.1, 0.15) is 21.5 Å². The molecule has 6 nitrogen and oxygen atoms in total. The quantitative estimate of drug-likeness (QED) is 0.888. The fourth-order valence-electron chi connectivity index (χ4n) is 2.28. The Bertz CT molecular complexity index is 724. The van der Waals surface area contributed by atoms with Crippen LogP contribution in [0.25, 0.3) is 0 Å². The van der Waals surface area contributed by atoms with E-state index in [0.29, 0.717) is 28.6 Å². The maximum atomic E-state index is 10.4. The van der Waals surface area contributed by atoms with Crippen molar-refractivity contribution in [2.45, 2.75) is 13.8 Å². The number of aromatic carboxylic acids is 1. The van der Waals surface area contributed by atoms with Gasteiger partial charge in [-0.15, -0.1) is 0 Å². The van der Waals surface area contributed by atoms with Crippen LogP contribution in [0.5, 0.6) is 23.0 Å². The van der Waals surface area contributed by atoms with Crippen molar-refractivity contribution in [3.05, 3.63) is 47.0 Å². The van der Waals surface area contributed by atoms with E-state index in [-0.39, 0.29) is 0 Å². The van der Waals surface area contributed by atoms with Crippen molar-refractivity contribution < 1.29 is 28.8 Å². The van der Waals surface area contributed by atoms with E-state index in [4.69, 9.17) is 24.1 Å². The van der Waals surface area contributed by atoms with Crippen LogP contribution in [0.4, 0.5) is 0 Å². The third-order valence-electron chi connectivity index (χ3n) is 3.44. The van der Waals surface area contributed by atoms with Crippen LogP contribution >= 0.6 is 0 Å². The number of ether oxygens (including phenoxy) is 4. The number of carboxylic acid groups (broad SMARTS) is 1. The normalized spacial score (nSPS) is 9.52. The van der Waals surface area contributed by atoms with Crippen LogP contribution in [0.2, 0.25) is 0 Å². The van der Waals surface area contributed by atoms with E-state index in [1.165, 1.54) is 0 Å². The highest BCUT2D eigenvalue weighted by molar-refractivity contribution is 5.87. The molecule has 2 aromatic carbocycles. The summed E-state index contributed by atoms with van der Waals surface area (Å²) >= 11 is 0. The summed E-state index contributed by atoms with van der Waals surface area (Å²) in [5.74, 6) is 1.52. The zero-order valence-corrected chi connectivity index (χ0v) is 15.4. The van der Waals surface area contributed by atoms with E-state index in [2.05, 4.69) is 0 Å². The van der Waals surface area contributed by atoms with Crippen molar-refractivity contribution >= 4 is 5.97 Å². The van der Waals surface area contributed by atoms with Crippen LogP contribution in [0.15, 0.2) is 30.3 Å². The average Bonchev–Trinajstić information content (AvgIpc) is 2.60. The highest BCUT2D eigenvalue weighted by Crippen LogP contribution is 2.46. The number of benzene rings is 2. The summed E-state index contributed by atoms with van der Waals surface area (Å²) in [5.41, 5.74) is 2.26. The second-order valence-electron chi connectivity index (χ2n) is 5.17. The lowest BCUT2D eigenvalue weighted by Gasteiger charge is -2.16. The monoisotopic (exact) mass is 348 g/mol. The summed E-state index contributed by atoms with van der Waals surface area (Å²) in [6, 6.07) is 8.67. The zero-order valence-electron chi connectivity index (χ0n) is 15.4. The average molecular weight is 348 g/mol. The van der Waals surface area contributed by atoms with Gasteiger partial charge in [0.15, 0.2) is 11.5 Å². The molecule has 0 saturated heterocycles. The summed E-state index contributed by atoms with van der Waals surface area (Å²) in [6.45, 7) is 3.79. The fraction of sp³-hybridized carbons (Fsp3) is 0.316. The molecule has 136 valence electrons. The van der Waals surface area contributed by atoms with Gasteiger partial charge in [-0.25, -0.2) is 4.79 Å². The Kier molecular flexibility index (Phi) is 7.59. The number of hydrogen-bond donors (Lipinski definition) is 1. The number of carboxylic acids is 1. The van der Waals surface area contributed by atoms with E-state index in [9.17, 15) is 4.79 Å². The van der Waals surface area contributed by atoms with Crippen LogP contribution in [-0.2, 0) is 0 Å². The number of rotatable bonds is 5. The molecule has 0 radical (unpaired) electrons. The highest BCUT2D eigenvalue weighted by atomic mass is 16.5. The van der Waals surface area contributed by atoms with Crippen LogP contribution in [0, 0.1) is 13.8 Å². The predicted molar refractivity (Wildman–Crippen MR) is 95.5 cm³/mol. The van der Waals surface area contributed by atoms with Gasteiger partial charge >= 0.3 is 5.97 Å². The van der Waals surface area contributed by atoms with Crippen molar-refractivity contribution in [3.63, 3.8) is 0 Å². The molecule has 0 spiro atoms. The molecular formula is C19H24O6. The fourth-order valence-corrected chi connectivity index (χ4v) is 2.28. The molecule has 0 saturated carbocycles. The van der Waals surface area contributed by atoms with Gasteiger partial charge in [0, 0.05) is 0 Å². The summed E-state index contributed by atoms with van der Waals surface area (Å²) in [4.78, 5) is 10.4. The lowest BCUT2D eigenvalue weighted by atomic mass is 10.1. The van der Waals surface area contributed by atoms with E-state index < -0.39 is 5.97 Å². The highest BCUT2D eigenvalue weighted by Gasteiger charge is 2.19. The molecule has 0 aromatic heterocycles. The van der Waals surface area contributed by atoms with Gasteiger partial charge in [-0.3, -0.25) is 0 Å². The molecule has 0 unspecified atom stereocenters. The van der Waals surface area contributed by atoms with Gasteiger partial charge in [0.1, 0.15) is 0 Å². The molecule has 0 atom stereocenters. The molecule has 0 fully saturated rings. The zero-order chi connectivity index (χ0) is 19.0. The molecule has 0 bridgehead atoms. The molecule has 0 aliphatic heterocycles. The van der Waals surface area contributed by atoms with Crippen LogP contribution in [0.3, 0.4) is 0 Å². The Balaban J connectivity index is 0.000000271. The van der Waals surface area contributed by atoms with Gasteiger partial charge in [-0.05, 0) is 37.6 Å². The van der Waals surface area contributed by atoms with Crippen molar-refractivity contribution in [3.8, 4) is 23.0 Å². The molecular weight excluding hydrogens is 324 g/mol. The summed E-state index contributed by atoms with van der Waals surface area (Å²) in [7, 11) is 6.31. The largest absolute Gasteiger partial charge is 0.493 e. The van der Waals surface area contributed by atoms with E-state index >= 15 is 0 Å². The molecule has 1 N–H and O–H groups in total. The van der Waals surface area contributed by atoms with Crippen molar-refractivity contribution in [1.29, 1.82) is 0 Å². The molecule has 0 amide bonds. The van der Waals surface area contributed by atoms with Gasteiger partial charge in [0.2, 0.25) is 11.5 Å².